The van der Waals surface area contributed by atoms with Gasteiger partial charge < -0.3 is 20.0 Å². The van der Waals surface area contributed by atoms with Crippen molar-refractivity contribution in [2.24, 2.45) is 0 Å². The number of aromatic hydroxyl groups is 2. The van der Waals surface area contributed by atoms with Crippen LogP contribution in [0.5, 0.6) is 11.5 Å². The number of amides is 2. The zero-order chi connectivity index (χ0) is 30.5. The Balaban J connectivity index is 1.12. The Morgan fingerprint density at radius 1 is 0.614 bits per heavy atom. The third-order valence-corrected chi connectivity index (χ3v) is 9.71. The van der Waals surface area contributed by atoms with Gasteiger partial charge in [0.1, 0.15) is 11.5 Å². The van der Waals surface area contributed by atoms with Crippen LogP contribution < -0.4 is 9.80 Å². The van der Waals surface area contributed by atoms with Gasteiger partial charge in [0.15, 0.2) is 0 Å². The van der Waals surface area contributed by atoms with Crippen LogP contribution in [0.15, 0.2) is 84.9 Å². The number of nitrogens with zero attached hydrogens (tertiary/aromatic N) is 2. The van der Waals surface area contributed by atoms with Crippen molar-refractivity contribution in [2.75, 3.05) is 34.6 Å². The molecule has 0 aromatic heterocycles. The summed E-state index contributed by atoms with van der Waals surface area (Å²) in [6, 6.07) is 26.1. The third-order valence-electron chi connectivity index (χ3n) is 8.97. The van der Waals surface area contributed by atoms with Gasteiger partial charge in [0.25, 0.3) is 0 Å². The lowest BCUT2D eigenvalue weighted by Crippen LogP contribution is -2.32. The monoisotopic (exact) mass is 624 g/mol. The van der Waals surface area contributed by atoms with Gasteiger partial charge in [0, 0.05) is 59.6 Å². The zero-order valence-corrected chi connectivity index (χ0v) is 25.4. The Labute approximate surface area is 265 Å². The maximum Gasteiger partial charge on any atom is 0.231 e. The molecule has 8 heteroatoms. The second-order valence-corrected chi connectivity index (χ2v) is 12.3. The largest absolute Gasteiger partial charge is 0.507 e. The van der Waals surface area contributed by atoms with Gasteiger partial charge in [-0.3, -0.25) is 9.59 Å². The van der Waals surface area contributed by atoms with Gasteiger partial charge in [-0.05, 0) is 33.0 Å². The number of anilines is 2. The fraction of sp³-hybridized carbons (Fsp3) is 0.222. The van der Waals surface area contributed by atoms with Crippen LogP contribution in [0, 0.1) is 0 Å². The number of hydrogen-bond acceptors (Lipinski definition) is 4. The predicted molar refractivity (Wildman–Crippen MR) is 177 cm³/mol. The molecule has 222 valence electrons. The first-order chi connectivity index (χ1) is 21.4. The second kappa shape index (κ2) is 11.3. The van der Waals surface area contributed by atoms with E-state index in [2.05, 4.69) is 0 Å². The molecule has 7 rings (SSSR count). The van der Waals surface area contributed by atoms with E-state index < -0.39 is 0 Å². The molecule has 2 heterocycles. The van der Waals surface area contributed by atoms with Crippen LogP contribution in [-0.4, -0.2) is 46.9 Å². The molecule has 1 unspecified atom stereocenters. The molecule has 0 bridgehead atoms. The average Bonchev–Trinajstić information content (AvgIpc) is 3.60. The van der Waals surface area contributed by atoms with Crippen molar-refractivity contribution < 1.29 is 19.8 Å². The van der Waals surface area contributed by atoms with Crippen LogP contribution in [0.25, 0.3) is 21.5 Å². The third kappa shape index (κ3) is 4.73. The number of benzene rings is 5. The van der Waals surface area contributed by atoms with Crippen molar-refractivity contribution in [1.29, 1.82) is 0 Å². The van der Waals surface area contributed by atoms with E-state index in [1.165, 1.54) is 0 Å². The Kier molecular flexibility index (Phi) is 7.35. The Morgan fingerprint density at radius 2 is 1.02 bits per heavy atom. The van der Waals surface area contributed by atoms with Crippen molar-refractivity contribution in [2.45, 2.75) is 24.7 Å². The van der Waals surface area contributed by atoms with Crippen molar-refractivity contribution in [3.8, 4) is 11.5 Å². The minimum absolute atomic E-state index is 0.0400. The molecule has 2 atom stereocenters. The molecule has 0 spiro atoms. The number of phenols is 2. The average molecular weight is 626 g/mol. The number of alkyl halides is 2. The van der Waals surface area contributed by atoms with Crippen molar-refractivity contribution in [1.82, 2.24) is 0 Å². The maximum atomic E-state index is 13.7. The summed E-state index contributed by atoms with van der Waals surface area (Å²) in [7, 11) is 0. The number of halogens is 2. The smallest absolute Gasteiger partial charge is 0.231 e. The lowest BCUT2D eigenvalue weighted by Gasteiger charge is -2.20. The molecule has 44 heavy (non-hydrogen) atoms. The molecule has 0 radical (unpaired) electrons. The molecule has 0 fully saturated rings. The van der Waals surface area contributed by atoms with Crippen LogP contribution in [-0.2, 0) is 22.4 Å². The highest BCUT2D eigenvalue weighted by Crippen LogP contribution is 2.46. The molecular weight excluding hydrogens is 595 g/mol. The van der Waals surface area contributed by atoms with Gasteiger partial charge in [0.05, 0.1) is 24.2 Å². The van der Waals surface area contributed by atoms with Crippen LogP contribution in [0.2, 0.25) is 0 Å². The summed E-state index contributed by atoms with van der Waals surface area (Å²) < 4.78 is 0. The van der Waals surface area contributed by atoms with E-state index in [4.69, 9.17) is 23.2 Å². The number of carbonyl (C=O) groups is 2. The van der Waals surface area contributed by atoms with Gasteiger partial charge in [0.2, 0.25) is 11.8 Å². The van der Waals surface area contributed by atoms with E-state index in [1.54, 1.807) is 21.9 Å². The lowest BCUT2D eigenvalue weighted by molar-refractivity contribution is -0.118. The second-order valence-electron chi connectivity index (χ2n) is 11.6. The van der Waals surface area contributed by atoms with E-state index in [9.17, 15) is 19.8 Å². The topological polar surface area (TPSA) is 81.1 Å². The van der Waals surface area contributed by atoms with Crippen molar-refractivity contribution >= 4 is 67.9 Å². The molecule has 0 saturated carbocycles. The summed E-state index contributed by atoms with van der Waals surface area (Å²) >= 11 is 12.7. The Morgan fingerprint density at radius 3 is 1.43 bits per heavy atom. The first kappa shape index (κ1) is 28.5. The van der Waals surface area contributed by atoms with Gasteiger partial charge in [-0.2, -0.15) is 0 Å². The summed E-state index contributed by atoms with van der Waals surface area (Å²) in [4.78, 5) is 30.8. The first-order valence-electron chi connectivity index (χ1n) is 14.7. The fourth-order valence-corrected chi connectivity index (χ4v) is 7.47. The minimum atomic E-state index is -0.0993. The fourth-order valence-electron chi connectivity index (χ4n) is 6.97. The summed E-state index contributed by atoms with van der Waals surface area (Å²) in [5, 5.41) is 24.8. The van der Waals surface area contributed by atoms with E-state index in [0.29, 0.717) is 36.2 Å². The quantitative estimate of drug-likeness (QED) is 0.195. The molecule has 5 aromatic carbocycles. The van der Waals surface area contributed by atoms with E-state index in [-0.39, 0.29) is 48.0 Å². The minimum Gasteiger partial charge on any atom is -0.507 e. The molecule has 2 aliphatic heterocycles. The molecule has 2 amide bonds. The zero-order valence-electron chi connectivity index (χ0n) is 23.8. The van der Waals surface area contributed by atoms with E-state index in [1.807, 2.05) is 72.8 Å². The lowest BCUT2D eigenvalue weighted by atomic mass is 9.95. The van der Waals surface area contributed by atoms with Gasteiger partial charge in [-0.1, -0.05) is 72.8 Å². The summed E-state index contributed by atoms with van der Waals surface area (Å²) in [5.41, 5.74) is 4.96. The van der Waals surface area contributed by atoms with Gasteiger partial charge in [-0.25, -0.2) is 0 Å². The highest BCUT2D eigenvalue weighted by molar-refractivity contribution is 6.19. The van der Waals surface area contributed by atoms with Crippen LogP contribution in [0.1, 0.15) is 34.1 Å². The highest BCUT2D eigenvalue weighted by atomic mass is 35.5. The van der Waals surface area contributed by atoms with E-state index >= 15 is 0 Å². The first-order valence-corrected chi connectivity index (χ1v) is 15.7. The molecule has 6 nitrogen and oxygen atoms in total. The van der Waals surface area contributed by atoms with Gasteiger partial charge in [-0.15, -0.1) is 23.2 Å². The predicted octanol–water partition coefficient (Wildman–Crippen LogP) is 7.23. The number of rotatable bonds is 6. The molecule has 0 saturated heterocycles. The van der Waals surface area contributed by atoms with Crippen LogP contribution in [0.4, 0.5) is 11.4 Å². The molecule has 0 aliphatic carbocycles. The number of fused-ring (bicyclic) bond motifs is 6. The summed E-state index contributed by atoms with van der Waals surface area (Å²) in [6.45, 7) is 0.891. The number of hydrogen-bond donors (Lipinski definition) is 2. The van der Waals surface area contributed by atoms with Crippen LogP contribution in [0.3, 0.4) is 0 Å². The molecule has 2 N–H and O–H groups in total. The highest BCUT2D eigenvalue weighted by Gasteiger charge is 2.36. The number of carbonyl (C=O) groups excluding carboxylic acids is 2. The maximum absolute atomic E-state index is 13.7. The molecular formula is C36H30Cl2N2O4. The normalized spacial score (nSPS) is 17.3. The Hall–Kier alpha value is -4.26. The SMILES string of the molecule is O=C(Cc1cccc(CC(=O)N2C[C@@H](CCl)c3c2cc(O)c2ccccc32)c1)N1CC(CCl)c2c1cc(O)c1ccccc21. The molecule has 2 aliphatic rings. The summed E-state index contributed by atoms with van der Waals surface area (Å²) in [6.07, 6.45) is 0.287. The van der Waals surface area contributed by atoms with Crippen molar-refractivity contribution in [3.63, 3.8) is 0 Å². The van der Waals surface area contributed by atoms with Crippen molar-refractivity contribution in [3.05, 3.63) is 107 Å². The number of phenolic OH excluding ortho intramolecular Hbond substituents is 2. The Bertz CT molecular complexity index is 1820. The standard InChI is InChI=1S/C36H30Cl2N2O4/c37-17-23-19-39(29-15-31(41)25-8-1-3-10-27(25)35(23)29)33(43)13-21-6-5-7-22(12-21)14-34(44)40-20-24(18-38)36-28-11-4-2-9-26(28)32(42)16-30(36)40/h1-12,15-16,23-24,41-42H,13-14,17-20H2/t23-,24?/m1/s1. The van der Waals surface area contributed by atoms with Crippen LogP contribution >= 0.6 is 23.2 Å². The summed E-state index contributed by atoms with van der Waals surface area (Å²) in [5.74, 6) is 0.712. The molecule has 5 aromatic rings. The van der Waals surface area contributed by atoms with Gasteiger partial charge >= 0.3 is 0 Å². The van der Waals surface area contributed by atoms with E-state index in [0.717, 1.165) is 43.8 Å².